The first-order chi connectivity index (χ1) is 7.50. The fraction of sp³-hybridized carbons (Fsp3) is 0.111. The Kier molecular flexibility index (Phi) is 2.97. The predicted octanol–water partition coefficient (Wildman–Crippen LogP) is 2.91. The fourth-order valence-corrected chi connectivity index (χ4v) is 2.37. The van der Waals surface area contributed by atoms with Crippen molar-refractivity contribution in [2.24, 2.45) is 5.10 Å². The third-order valence-electron chi connectivity index (χ3n) is 2.18. The number of hydrazone groups is 1. The van der Waals surface area contributed by atoms with Gasteiger partial charge in [0.25, 0.3) is 0 Å². The molecule has 0 fully saturated rings. The van der Waals surface area contributed by atoms with E-state index in [0.717, 1.165) is 4.53 Å². The minimum Gasteiger partial charge on any atom is -0.478 e. The van der Waals surface area contributed by atoms with Gasteiger partial charge in [-0.05, 0) is 12.1 Å². The monoisotopic (exact) mass is 278 g/mol. The van der Waals surface area contributed by atoms with Crippen LogP contribution in [0.3, 0.4) is 0 Å². The standard InChI is InChI=1S/C9H5Cl3N2O2/c10-6-2-1-4(9(15)16)5-3-14(12)13-8(11)7(5)6/h1-2H,3H2,(H,15,16). The summed E-state index contributed by atoms with van der Waals surface area (Å²) in [6.07, 6.45) is 0. The molecule has 16 heavy (non-hydrogen) atoms. The molecule has 1 heterocycles. The summed E-state index contributed by atoms with van der Waals surface area (Å²) in [6.45, 7) is 0.148. The highest BCUT2D eigenvalue weighted by Gasteiger charge is 2.25. The first kappa shape index (κ1) is 11.5. The Hall–Kier alpha value is -0.970. The molecule has 1 aromatic rings. The van der Waals surface area contributed by atoms with Crippen molar-refractivity contribution in [1.29, 1.82) is 0 Å². The zero-order chi connectivity index (χ0) is 11.9. The topological polar surface area (TPSA) is 52.9 Å². The van der Waals surface area contributed by atoms with Crippen LogP contribution in [-0.2, 0) is 6.54 Å². The van der Waals surface area contributed by atoms with Crippen LogP contribution < -0.4 is 0 Å². The highest BCUT2D eigenvalue weighted by atomic mass is 35.5. The Morgan fingerprint density at radius 3 is 2.75 bits per heavy atom. The van der Waals surface area contributed by atoms with E-state index in [1.165, 1.54) is 12.1 Å². The van der Waals surface area contributed by atoms with E-state index < -0.39 is 5.97 Å². The van der Waals surface area contributed by atoms with Gasteiger partial charge in [-0.15, -0.1) is 5.10 Å². The molecule has 84 valence electrons. The second kappa shape index (κ2) is 4.13. The predicted molar refractivity (Wildman–Crippen MR) is 62.2 cm³/mol. The normalized spacial score (nSPS) is 14.4. The van der Waals surface area contributed by atoms with Crippen LogP contribution in [0.15, 0.2) is 17.2 Å². The van der Waals surface area contributed by atoms with Crippen LogP contribution in [0.5, 0.6) is 0 Å². The lowest BCUT2D eigenvalue weighted by Crippen LogP contribution is -2.20. The Bertz CT molecular complexity index is 502. The van der Waals surface area contributed by atoms with Crippen LogP contribution in [0.25, 0.3) is 0 Å². The van der Waals surface area contributed by atoms with Gasteiger partial charge in [0.05, 0.1) is 17.1 Å². The number of aromatic carboxylic acids is 1. The van der Waals surface area contributed by atoms with Crippen molar-refractivity contribution in [2.45, 2.75) is 6.54 Å². The fourth-order valence-electron chi connectivity index (χ4n) is 1.52. The van der Waals surface area contributed by atoms with Gasteiger partial charge >= 0.3 is 5.97 Å². The number of benzene rings is 1. The molecule has 1 aromatic carbocycles. The minimum absolute atomic E-state index is 0.0874. The molecule has 4 nitrogen and oxygen atoms in total. The summed E-state index contributed by atoms with van der Waals surface area (Å²) in [5.41, 5.74) is 1.02. The van der Waals surface area contributed by atoms with E-state index in [9.17, 15) is 4.79 Å². The molecule has 0 aliphatic carbocycles. The van der Waals surface area contributed by atoms with E-state index in [1.54, 1.807) is 0 Å². The van der Waals surface area contributed by atoms with Gasteiger partial charge in [-0.1, -0.05) is 23.2 Å². The molecule has 1 aliphatic heterocycles. The van der Waals surface area contributed by atoms with Crippen LogP contribution >= 0.6 is 35.0 Å². The summed E-state index contributed by atoms with van der Waals surface area (Å²) in [5, 5.41) is 13.3. The zero-order valence-electron chi connectivity index (χ0n) is 7.75. The smallest absolute Gasteiger partial charge is 0.336 e. The summed E-state index contributed by atoms with van der Waals surface area (Å²) in [7, 11) is 0. The lowest BCUT2D eigenvalue weighted by atomic mass is 10.0. The second-order valence-corrected chi connectivity index (χ2v) is 4.29. The summed E-state index contributed by atoms with van der Waals surface area (Å²) in [5.74, 6) is -1.05. The van der Waals surface area contributed by atoms with E-state index in [4.69, 9.17) is 40.1 Å². The SMILES string of the molecule is O=C(O)c1ccc(Cl)c2c1CN(Cl)N=C2Cl. The molecule has 0 atom stereocenters. The number of nitrogens with zero attached hydrogens (tertiary/aromatic N) is 2. The maximum atomic E-state index is 11.0. The van der Waals surface area contributed by atoms with Crippen molar-refractivity contribution in [3.63, 3.8) is 0 Å². The Morgan fingerprint density at radius 2 is 2.12 bits per heavy atom. The van der Waals surface area contributed by atoms with Gasteiger partial charge in [-0.3, -0.25) is 0 Å². The summed E-state index contributed by atoms with van der Waals surface area (Å²) < 4.78 is 1.05. The molecule has 1 N–H and O–H groups in total. The lowest BCUT2D eigenvalue weighted by Gasteiger charge is -2.21. The molecule has 0 saturated heterocycles. The minimum atomic E-state index is -1.05. The third-order valence-corrected chi connectivity index (χ3v) is 2.96. The van der Waals surface area contributed by atoms with Crippen molar-refractivity contribution in [3.05, 3.63) is 33.8 Å². The number of halogens is 3. The number of carboxylic acid groups (broad SMARTS) is 1. The molecule has 2 rings (SSSR count). The quantitative estimate of drug-likeness (QED) is 0.804. The van der Waals surface area contributed by atoms with E-state index >= 15 is 0 Å². The van der Waals surface area contributed by atoms with Gasteiger partial charge in [0.2, 0.25) is 0 Å². The molecular formula is C9H5Cl3N2O2. The number of rotatable bonds is 1. The maximum absolute atomic E-state index is 11.0. The van der Waals surface area contributed by atoms with E-state index in [2.05, 4.69) is 5.10 Å². The van der Waals surface area contributed by atoms with E-state index in [-0.39, 0.29) is 17.3 Å². The Morgan fingerprint density at radius 1 is 1.44 bits per heavy atom. The van der Waals surface area contributed by atoms with E-state index in [1.807, 2.05) is 0 Å². The van der Waals surface area contributed by atoms with Crippen LogP contribution in [0.4, 0.5) is 0 Å². The van der Waals surface area contributed by atoms with Crippen LogP contribution in [0.2, 0.25) is 5.02 Å². The van der Waals surface area contributed by atoms with Gasteiger partial charge < -0.3 is 5.11 Å². The number of hydrogen-bond donors (Lipinski definition) is 1. The zero-order valence-corrected chi connectivity index (χ0v) is 10.0. The molecule has 0 unspecified atom stereocenters. The van der Waals surface area contributed by atoms with Crippen LogP contribution in [0.1, 0.15) is 21.5 Å². The number of carbonyl (C=O) groups is 1. The lowest BCUT2D eigenvalue weighted by molar-refractivity contribution is 0.0695. The third kappa shape index (κ3) is 1.84. The summed E-state index contributed by atoms with van der Waals surface area (Å²) in [6, 6.07) is 2.90. The number of carboxylic acids is 1. The van der Waals surface area contributed by atoms with E-state index in [0.29, 0.717) is 16.1 Å². The van der Waals surface area contributed by atoms with Gasteiger partial charge in [0.1, 0.15) is 0 Å². The molecule has 1 aliphatic rings. The largest absolute Gasteiger partial charge is 0.478 e. The summed E-state index contributed by atoms with van der Waals surface area (Å²) in [4.78, 5) is 11.0. The van der Waals surface area contributed by atoms with Crippen molar-refractivity contribution in [2.75, 3.05) is 0 Å². The van der Waals surface area contributed by atoms with Gasteiger partial charge in [0, 0.05) is 22.9 Å². The van der Waals surface area contributed by atoms with Crippen LogP contribution in [-0.4, -0.2) is 20.8 Å². The average Bonchev–Trinajstić information content (AvgIpc) is 2.15. The van der Waals surface area contributed by atoms with Crippen molar-refractivity contribution in [1.82, 2.24) is 4.53 Å². The molecule has 7 heteroatoms. The Labute approximate surface area is 106 Å². The first-order valence-electron chi connectivity index (χ1n) is 4.23. The van der Waals surface area contributed by atoms with Crippen LogP contribution in [0, 0.1) is 0 Å². The average molecular weight is 280 g/mol. The molecule has 0 radical (unpaired) electrons. The van der Waals surface area contributed by atoms with Gasteiger partial charge in [0.15, 0.2) is 5.17 Å². The van der Waals surface area contributed by atoms with Crippen molar-refractivity contribution in [3.8, 4) is 0 Å². The van der Waals surface area contributed by atoms with Crippen molar-refractivity contribution < 1.29 is 9.90 Å². The van der Waals surface area contributed by atoms with Crippen molar-refractivity contribution >= 4 is 46.1 Å². The molecule has 0 saturated carbocycles. The molecule has 0 amide bonds. The molecular weight excluding hydrogens is 274 g/mol. The molecule has 0 aromatic heterocycles. The Balaban J connectivity index is 2.71. The maximum Gasteiger partial charge on any atom is 0.336 e. The van der Waals surface area contributed by atoms with Gasteiger partial charge in [-0.2, -0.15) is 4.53 Å². The highest BCUT2D eigenvalue weighted by Crippen LogP contribution is 2.31. The summed E-state index contributed by atoms with van der Waals surface area (Å²) >= 11 is 17.5. The molecule has 0 bridgehead atoms. The first-order valence-corrected chi connectivity index (χ1v) is 5.32. The number of fused-ring (bicyclic) bond motifs is 1. The highest BCUT2D eigenvalue weighted by molar-refractivity contribution is 6.71. The number of hydrogen-bond acceptors (Lipinski definition) is 3. The second-order valence-electron chi connectivity index (χ2n) is 3.14. The van der Waals surface area contributed by atoms with Gasteiger partial charge in [-0.25, -0.2) is 4.79 Å². The molecule has 0 spiro atoms.